The van der Waals surface area contributed by atoms with Gasteiger partial charge in [0.2, 0.25) is 11.8 Å². The van der Waals surface area contributed by atoms with Crippen molar-refractivity contribution >= 4 is 17.5 Å². The van der Waals surface area contributed by atoms with Crippen molar-refractivity contribution in [3.05, 3.63) is 29.8 Å². The van der Waals surface area contributed by atoms with Gasteiger partial charge in [0.1, 0.15) is 12.1 Å². The van der Waals surface area contributed by atoms with Crippen LogP contribution in [0.1, 0.15) is 32.3 Å². The van der Waals surface area contributed by atoms with Gasteiger partial charge in [-0.05, 0) is 18.9 Å². The fourth-order valence-corrected chi connectivity index (χ4v) is 2.72. The van der Waals surface area contributed by atoms with Gasteiger partial charge in [-0.3, -0.25) is 14.5 Å². The summed E-state index contributed by atoms with van der Waals surface area (Å²) in [5, 5.41) is 2.81. The molecule has 0 radical (unpaired) electrons. The van der Waals surface area contributed by atoms with Crippen LogP contribution >= 0.6 is 0 Å². The second-order valence-electron chi connectivity index (χ2n) is 5.16. The van der Waals surface area contributed by atoms with Crippen LogP contribution in [0.15, 0.2) is 24.3 Å². The van der Waals surface area contributed by atoms with Crippen LogP contribution in [0.25, 0.3) is 0 Å². The predicted molar refractivity (Wildman–Crippen MR) is 80.9 cm³/mol. The van der Waals surface area contributed by atoms with Gasteiger partial charge in [-0.15, -0.1) is 0 Å². The lowest BCUT2D eigenvalue weighted by atomic mass is 10.0. The van der Waals surface area contributed by atoms with E-state index in [9.17, 15) is 9.59 Å². The van der Waals surface area contributed by atoms with Gasteiger partial charge in [0.25, 0.3) is 0 Å². The average molecular weight is 290 g/mol. The second-order valence-corrected chi connectivity index (χ2v) is 5.16. The van der Waals surface area contributed by atoms with Crippen LogP contribution in [-0.2, 0) is 20.9 Å². The van der Waals surface area contributed by atoms with Crippen LogP contribution in [0.4, 0.5) is 5.69 Å². The molecular formula is C16H22N2O3. The summed E-state index contributed by atoms with van der Waals surface area (Å²) in [6.07, 6.45) is 1.17. The van der Waals surface area contributed by atoms with Crippen LogP contribution in [-0.4, -0.2) is 31.0 Å². The first-order valence-corrected chi connectivity index (χ1v) is 7.34. The lowest BCUT2D eigenvalue weighted by Gasteiger charge is -2.39. The number of methoxy groups -OCH3 is 1. The summed E-state index contributed by atoms with van der Waals surface area (Å²) in [5.74, 6) is -0.135. The molecule has 0 bridgehead atoms. The molecule has 0 aliphatic carbocycles. The summed E-state index contributed by atoms with van der Waals surface area (Å²) in [5.41, 5.74) is 1.68. The van der Waals surface area contributed by atoms with Crippen LogP contribution < -0.4 is 10.2 Å². The van der Waals surface area contributed by atoms with Crippen molar-refractivity contribution in [3.8, 4) is 0 Å². The van der Waals surface area contributed by atoms with E-state index < -0.39 is 12.1 Å². The average Bonchev–Trinajstić information content (AvgIpc) is 2.50. The molecule has 0 spiro atoms. The fourth-order valence-electron chi connectivity index (χ4n) is 2.72. The summed E-state index contributed by atoms with van der Waals surface area (Å²) in [6.45, 7) is 4.22. The standard InChI is InChI=1S/C16H22N2O3/c1-4-12-16(20)18(13(5-2)15(19)17-12)14-9-7-6-8-11(14)10-21-3/h6-9,12-13H,4-5,10H2,1-3H3,(H,17,19). The monoisotopic (exact) mass is 290 g/mol. The van der Waals surface area contributed by atoms with Gasteiger partial charge < -0.3 is 10.1 Å². The van der Waals surface area contributed by atoms with E-state index in [0.29, 0.717) is 19.4 Å². The molecule has 1 aromatic rings. The molecule has 2 rings (SSSR count). The molecule has 0 saturated carbocycles. The Morgan fingerprint density at radius 1 is 1.19 bits per heavy atom. The molecule has 2 amide bonds. The topological polar surface area (TPSA) is 58.6 Å². The van der Waals surface area contributed by atoms with Crippen molar-refractivity contribution in [2.75, 3.05) is 12.0 Å². The Labute approximate surface area is 125 Å². The minimum atomic E-state index is -0.460. The highest BCUT2D eigenvalue weighted by Gasteiger charge is 2.40. The predicted octanol–water partition coefficient (Wildman–Crippen LogP) is 1.85. The maximum absolute atomic E-state index is 12.7. The summed E-state index contributed by atoms with van der Waals surface area (Å²) < 4.78 is 5.20. The highest BCUT2D eigenvalue weighted by atomic mass is 16.5. The van der Waals surface area contributed by atoms with E-state index in [1.165, 1.54) is 0 Å². The van der Waals surface area contributed by atoms with Crippen molar-refractivity contribution in [3.63, 3.8) is 0 Å². The zero-order valence-corrected chi connectivity index (χ0v) is 12.8. The number of carbonyl (C=O) groups excluding carboxylic acids is 2. The maximum atomic E-state index is 12.7. The molecule has 5 nitrogen and oxygen atoms in total. The van der Waals surface area contributed by atoms with E-state index in [1.54, 1.807) is 12.0 Å². The van der Waals surface area contributed by atoms with E-state index in [1.807, 2.05) is 38.1 Å². The highest BCUT2D eigenvalue weighted by molar-refractivity contribution is 6.08. The summed E-state index contributed by atoms with van der Waals surface area (Å²) in [4.78, 5) is 26.6. The number of amides is 2. The molecular weight excluding hydrogens is 268 g/mol. The molecule has 1 saturated heterocycles. The Kier molecular flexibility index (Phi) is 4.96. The molecule has 21 heavy (non-hydrogen) atoms. The smallest absolute Gasteiger partial charge is 0.250 e. The first-order valence-electron chi connectivity index (χ1n) is 7.34. The number of nitrogens with zero attached hydrogens (tertiary/aromatic N) is 1. The number of para-hydroxylation sites is 1. The second kappa shape index (κ2) is 6.72. The molecule has 114 valence electrons. The Bertz CT molecular complexity index is 530. The van der Waals surface area contributed by atoms with Crippen LogP contribution in [0, 0.1) is 0 Å². The van der Waals surface area contributed by atoms with Crippen LogP contribution in [0.5, 0.6) is 0 Å². The van der Waals surface area contributed by atoms with Crippen LogP contribution in [0.3, 0.4) is 0 Å². The molecule has 1 fully saturated rings. The molecule has 1 aliphatic heterocycles. The maximum Gasteiger partial charge on any atom is 0.250 e. The Hall–Kier alpha value is -1.88. The largest absolute Gasteiger partial charge is 0.380 e. The normalized spacial score (nSPS) is 22.3. The molecule has 1 aromatic carbocycles. The molecule has 1 heterocycles. The SMILES string of the molecule is CCC1NC(=O)C(CC)N(c2ccccc2COC)C1=O. The molecule has 1 aliphatic rings. The number of ether oxygens (including phenoxy) is 1. The number of anilines is 1. The van der Waals surface area contributed by atoms with Crippen LogP contribution in [0.2, 0.25) is 0 Å². The van der Waals surface area contributed by atoms with Crippen molar-refractivity contribution in [1.82, 2.24) is 5.32 Å². The zero-order valence-electron chi connectivity index (χ0n) is 12.8. The van der Waals surface area contributed by atoms with Gasteiger partial charge in [0, 0.05) is 12.7 Å². The number of piperazine rings is 1. The molecule has 2 atom stereocenters. The number of rotatable bonds is 5. The molecule has 0 aromatic heterocycles. The first-order chi connectivity index (χ1) is 10.1. The molecule has 2 unspecified atom stereocenters. The van der Waals surface area contributed by atoms with E-state index in [0.717, 1.165) is 11.3 Å². The van der Waals surface area contributed by atoms with E-state index >= 15 is 0 Å². The lowest BCUT2D eigenvalue weighted by molar-refractivity contribution is -0.134. The minimum absolute atomic E-state index is 0.0486. The van der Waals surface area contributed by atoms with Gasteiger partial charge in [-0.2, -0.15) is 0 Å². The summed E-state index contributed by atoms with van der Waals surface area (Å²) in [7, 11) is 1.62. The highest BCUT2D eigenvalue weighted by Crippen LogP contribution is 2.27. The van der Waals surface area contributed by atoms with Gasteiger partial charge in [0.15, 0.2) is 0 Å². The Balaban J connectivity index is 2.46. The van der Waals surface area contributed by atoms with E-state index in [-0.39, 0.29) is 11.8 Å². The Morgan fingerprint density at radius 3 is 2.52 bits per heavy atom. The van der Waals surface area contributed by atoms with Gasteiger partial charge in [0.05, 0.1) is 12.3 Å². The number of hydrogen-bond donors (Lipinski definition) is 1. The van der Waals surface area contributed by atoms with Gasteiger partial charge >= 0.3 is 0 Å². The molecule has 1 N–H and O–H groups in total. The number of carbonyl (C=O) groups is 2. The first kappa shape index (κ1) is 15.5. The summed E-state index contributed by atoms with van der Waals surface area (Å²) in [6, 6.07) is 6.67. The van der Waals surface area contributed by atoms with Crippen molar-refractivity contribution in [2.24, 2.45) is 0 Å². The third-order valence-corrected chi connectivity index (χ3v) is 3.81. The quantitative estimate of drug-likeness (QED) is 0.900. The van der Waals surface area contributed by atoms with Crippen molar-refractivity contribution < 1.29 is 14.3 Å². The number of nitrogens with one attached hydrogen (secondary N) is 1. The van der Waals surface area contributed by atoms with Crippen molar-refractivity contribution in [1.29, 1.82) is 0 Å². The Morgan fingerprint density at radius 2 is 1.90 bits per heavy atom. The number of benzene rings is 1. The minimum Gasteiger partial charge on any atom is -0.380 e. The van der Waals surface area contributed by atoms with Gasteiger partial charge in [-0.25, -0.2) is 0 Å². The molecule has 5 heteroatoms. The third-order valence-electron chi connectivity index (χ3n) is 3.81. The lowest BCUT2D eigenvalue weighted by Crippen LogP contribution is -2.63. The van der Waals surface area contributed by atoms with E-state index in [2.05, 4.69) is 5.32 Å². The summed E-state index contributed by atoms with van der Waals surface area (Å²) >= 11 is 0. The third kappa shape index (κ3) is 2.93. The zero-order chi connectivity index (χ0) is 15.4. The van der Waals surface area contributed by atoms with E-state index in [4.69, 9.17) is 4.74 Å². The van der Waals surface area contributed by atoms with Crippen molar-refractivity contribution in [2.45, 2.75) is 45.4 Å². The van der Waals surface area contributed by atoms with Gasteiger partial charge in [-0.1, -0.05) is 32.0 Å². The number of hydrogen-bond acceptors (Lipinski definition) is 3. The fraction of sp³-hybridized carbons (Fsp3) is 0.500.